The van der Waals surface area contributed by atoms with Gasteiger partial charge < -0.3 is 19.7 Å². The summed E-state index contributed by atoms with van der Waals surface area (Å²) in [6.07, 6.45) is 5.01. The van der Waals surface area contributed by atoms with E-state index in [9.17, 15) is 18.0 Å². The molecule has 3 aromatic rings. The molecule has 0 saturated heterocycles. The van der Waals surface area contributed by atoms with Gasteiger partial charge in [-0.2, -0.15) is 0 Å². The quantitative estimate of drug-likeness (QED) is 0.288. The van der Waals surface area contributed by atoms with Crippen LogP contribution in [0.2, 0.25) is 5.02 Å². The van der Waals surface area contributed by atoms with E-state index in [1.165, 1.54) is 37.3 Å². The predicted molar refractivity (Wildman–Crippen MR) is 167 cm³/mol. The van der Waals surface area contributed by atoms with E-state index in [1.54, 1.807) is 55.5 Å². The molecule has 0 bridgehead atoms. The van der Waals surface area contributed by atoms with Gasteiger partial charge in [0.25, 0.3) is 10.0 Å². The maximum atomic E-state index is 14.2. The molecule has 0 spiro atoms. The van der Waals surface area contributed by atoms with E-state index in [0.717, 1.165) is 36.4 Å². The van der Waals surface area contributed by atoms with Crippen LogP contribution in [0.5, 0.6) is 11.5 Å². The predicted octanol–water partition coefficient (Wildman–Crippen LogP) is 5.42. The normalized spacial score (nSPS) is 14.4. The van der Waals surface area contributed by atoms with E-state index in [-0.39, 0.29) is 29.1 Å². The standard InChI is InChI=1S/C32H38ClN3O6S/c1-23(32(38)34-26-13-6-4-7-14-26)35(21-24-11-10-12-25(33)19-24)31(37)22-36(43(39,40)28-15-8-5-9-16-28)27-17-18-29(41-2)30(20-27)42-3/h5,8-12,15-20,23,26H,4,6-7,13-14,21-22H2,1-3H3,(H,34,38)/t23-/m1/s1. The Morgan fingerprint density at radius 3 is 2.28 bits per heavy atom. The molecule has 0 aliphatic heterocycles. The number of hydrogen-bond donors (Lipinski definition) is 1. The Balaban J connectivity index is 1.71. The van der Waals surface area contributed by atoms with Crippen LogP contribution in [0.15, 0.2) is 77.7 Å². The summed E-state index contributed by atoms with van der Waals surface area (Å²) in [5, 5.41) is 3.59. The topological polar surface area (TPSA) is 105 Å². The number of nitrogens with one attached hydrogen (secondary N) is 1. The molecular weight excluding hydrogens is 590 g/mol. The molecule has 0 radical (unpaired) electrons. The van der Waals surface area contributed by atoms with E-state index < -0.39 is 28.5 Å². The lowest BCUT2D eigenvalue weighted by Crippen LogP contribution is -2.53. The second-order valence-corrected chi connectivity index (χ2v) is 12.8. The first-order chi connectivity index (χ1) is 20.6. The lowest BCUT2D eigenvalue weighted by Gasteiger charge is -2.33. The second kappa shape index (κ2) is 14.6. The maximum absolute atomic E-state index is 14.2. The Labute approximate surface area is 258 Å². The molecule has 43 heavy (non-hydrogen) atoms. The molecule has 1 aliphatic carbocycles. The van der Waals surface area contributed by atoms with Crippen molar-refractivity contribution in [3.8, 4) is 11.5 Å². The zero-order chi connectivity index (χ0) is 31.0. The summed E-state index contributed by atoms with van der Waals surface area (Å²) < 4.78 is 39.8. The minimum absolute atomic E-state index is 0.0158. The number of amides is 2. The molecule has 4 rings (SSSR count). The number of methoxy groups -OCH3 is 2. The highest BCUT2D eigenvalue weighted by atomic mass is 35.5. The average Bonchev–Trinajstić information content (AvgIpc) is 3.02. The third-order valence-corrected chi connectivity index (χ3v) is 9.65. The third-order valence-electron chi connectivity index (χ3n) is 7.63. The molecule has 0 heterocycles. The smallest absolute Gasteiger partial charge is 0.264 e. The number of halogens is 1. The molecular formula is C32H38ClN3O6S. The van der Waals surface area contributed by atoms with Gasteiger partial charge in [-0.05, 0) is 61.7 Å². The number of carbonyl (C=O) groups is 2. The summed E-state index contributed by atoms with van der Waals surface area (Å²) in [7, 11) is -1.28. The fourth-order valence-corrected chi connectivity index (χ4v) is 6.85. The minimum atomic E-state index is -4.21. The highest BCUT2D eigenvalue weighted by Crippen LogP contribution is 2.34. The highest BCUT2D eigenvalue weighted by Gasteiger charge is 2.33. The Morgan fingerprint density at radius 1 is 0.930 bits per heavy atom. The molecule has 1 fully saturated rings. The summed E-state index contributed by atoms with van der Waals surface area (Å²) in [5.41, 5.74) is 0.915. The second-order valence-electron chi connectivity index (χ2n) is 10.5. The van der Waals surface area contributed by atoms with Crippen molar-refractivity contribution in [3.63, 3.8) is 0 Å². The number of rotatable bonds is 12. The molecule has 1 saturated carbocycles. The summed E-state index contributed by atoms with van der Waals surface area (Å²) in [4.78, 5) is 29.0. The van der Waals surface area contributed by atoms with Gasteiger partial charge >= 0.3 is 0 Å². The van der Waals surface area contributed by atoms with Gasteiger partial charge in [0.15, 0.2) is 11.5 Å². The Hall–Kier alpha value is -3.76. The zero-order valence-electron chi connectivity index (χ0n) is 24.7. The van der Waals surface area contributed by atoms with Gasteiger partial charge in [-0.3, -0.25) is 13.9 Å². The first kappa shape index (κ1) is 32.2. The van der Waals surface area contributed by atoms with Crippen LogP contribution < -0.4 is 19.1 Å². The number of benzene rings is 3. The van der Waals surface area contributed by atoms with E-state index in [2.05, 4.69) is 5.32 Å². The first-order valence-electron chi connectivity index (χ1n) is 14.3. The molecule has 0 aromatic heterocycles. The van der Waals surface area contributed by atoms with E-state index in [0.29, 0.717) is 22.1 Å². The van der Waals surface area contributed by atoms with E-state index >= 15 is 0 Å². The van der Waals surface area contributed by atoms with Gasteiger partial charge in [-0.1, -0.05) is 61.2 Å². The summed E-state index contributed by atoms with van der Waals surface area (Å²) in [6.45, 7) is 1.16. The molecule has 1 aliphatic rings. The van der Waals surface area contributed by atoms with Crippen LogP contribution >= 0.6 is 11.6 Å². The SMILES string of the molecule is COc1ccc(N(CC(=O)N(Cc2cccc(Cl)c2)[C@H](C)C(=O)NC2CCCCC2)S(=O)(=O)c2ccccc2)cc1OC. The molecule has 1 atom stereocenters. The number of nitrogens with zero attached hydrogens (tertiary/aromatic N) is 2. The molecule has 1 N–H and O–H groups in total. The number of sulfonamides is 1. The van der Waals surface area contributed by atoms with E-state index in [1.807, 2.05) is 6.07 Å². The monoisotopic (exact) mass is 627 g/mol. The van der Waals surface area contributed by atoms with Crippen LogP contribution in [0, 0.1) is 0 Å². The number of carbonyl (C=O) groups excluding carboxylic acids is 2. The van der Waals surface area contributed by atoms with Crippen LogP contribution in [-0.4, -0.2) is 58.0 Å². The van der Waals surface area contributed by atoms with Crippen molar-refractivity contribution < 1.29 is 27.5 Å². The van der Waals surface area contributed by atoms with E-state index in [4.69, 9.17) is 21.1 Å². The van der Waals surface area contributed by atoms with Gasteiger partial charge in [-0.15, -0.1) is 0 Å². The highest BCUT2D eigenvalue weighted by molar-refractivity contribution is 7.92. The molecule has 11 heteroatoms. The fourth-order valence-electron chi connectivity index (χ4n) is 5.21. The van der Waals surface area contributed by atoms with Gasteiger partial charge in [-0.25, -0.2) is 8.42 Å². The summed E-state index contributed by atoms with van der Waals surface area (Å²) in [5.74, 6) is -0.131. The van der Waals surface area contributed by atoms with Crippen LogP contribution in [0.4, 0.5) is 5.69 Å². The summed E-state index contributed by atoms with van der Waals surface area (Å²) in [6, 6.07) is 18.7. The molecule has 2 amide bonds. The Bertz CT molecular complexity index is 1510. The third kappa shape index (κ3) is 8.00. The van der Waals surface area contributed by atoms with Crippen molar-refractivity contribution in [1.29, 1.82) is 0 Å². The van der Waals surface area contributed by atoms with Crippen molar-refractivity contribution in [2.45, 2.75) is 62.6 Å². The maximum Gasteiger partial charge on any atom is 0.264 e. The van der Waals surface area contributed by atoms with Gasteiger partial charge in [0.2, 0.25) is 11.8 Å². The van der Waals surface area contributed by atoms with Crippen molar-refractivity contribution in [2.24, 2.45) is 0 Å². The van der Waals surface area contributed by atoms with Gasteiger partial charge in [0.1, 0.15) is 12.6 Å². The van der Waals surface area contributed by atoms with Crippen molar-refractivity contribution >= 4 is 39.1 Å². The first-order valence-corrected chi connectivity index (χ1v) is 16.1. The molecule has 9 nitrogen and oxygen atoms in total. The molecule has 230 valence electrons. The van der Waals surface area contributed by atoms with Crippen molar-refractivity contribution in [3.05, 3.63) is 83.4 Å². The Morgan fingerprint density at radius 2 is 1.63 bits per heavy atom. The molecule has 3 aromatic carbocycles. The minimum Gasteiger partial charge on any atom is -0.493 e. The van der Waals surface area contributed by atoms with Crippen molar-refractivity contribution in [2.75, 3.05) is 25.1 Å². The van der Waals surface area contributed by atoms with Gasteiger partial charge in [0.05, 0.1) is 24.8 Å². The van der Waals surface area contributed by atoms with Crippen molar-refractivity contribution in [1.82, 2.24) is 10.2 Å². The van der Waals surface area contributed by atoms with Gasteiger partial charge in [0, 0.05) is 23.7 Å². The average molecular weight is 628 g/mol. The zero-order valence-corrected chi connectivity index (χ0v) is 26.2. The fraction of sp³-hybridized carbons (Fsp3) is 0.375. The number of ether oxygens (including phenoxy) is 2. The lowest BCUT2D eigenvalue weighted by atomic mass is 9.95. The molecule has 0 unspecified atom stereocenters. The van der Waals surface area contributed by atoms with Crippen LogP contribution in [0.3, 0.4) is 0 Å². The number of hydrogen-bond acceptors (Lipinski definition) is 6. The van der Waals surface area contributed by atoms with Crippen LogP contribution in [0.25, 0.3) is 0 Å². The Kier molecular flexibility index (Phi) is 10.9. The van der Waals surface area contributed by atoms with Crippen LogP contribution in [0.1, 0.15) is 44.6 Å². The summed E-state index contributed by atoms with van der Waals surface area (Å²) >= 11 is 6.23. The largest absolute Gasteiger partial charge is 0.493 e. The van der Waals surface area contributed by atoms with Crippen LogP contribution in [-0.2, 0) is 26.2 Å². The lowest BCUT2D eigenvalue weighted by molar-refractivity contribution is -0.139. The number of anilines is 1.